The Hall–Kier alpha value is -2.13. The van der Waals surface area contributed by atoms with Crippen LogP contribution in [0.4, 0.5) is 5.69 Å². The highest BCUT2D eigenvalue weighted by atomic mass is 16.1. The number of amides is 1. The van der Waals surface area contributed by atoms with Crippen molar-refractivity contribution in [1.82, 2.24) is 4.90 Å². The lowest BCUT2D eigenvalue weighted by Gasteiger charge is -2.32. The van der Waals surface area contributed by atoms with Crippen LogP contribution in [0.15, 0.2) is 42.5 Å². The van der Waals surface area contributed by atoms with Crippen molar-refractivity contribution in [2.75, 3.05) is 18.4 Å². The molecule has 0 radical (unpaired) electrons. The van der Waals surface area contributed by atoms with Gasteiger partial charge in [-0.3, -0.25) is 9.69 Å². The fourth-order valence-electron chi connectivity index (χ4n) is 3.60. The Morgan fingerprint density at radius 1 is 1.16 bits per heavy atom. The molecule has 1 unspecified atom stereocenters. The molecule has 2 aromatic rings. The number of anilines is 1. The van der Waals surface area contributed by atoms with Crippen LogP contribution in [-0.4, -0.2) is 23.9 Å². The molecule has 0 bridgehead atoms. The van der Waals surface area contributed by atoms with Crippen molar-refractivity contribution < 1.29 is 4.79 Å². The van der Waals surface area contributed by atoms with Gasteiger partial charge in [0.1, 0.15) is 0 Å². The number of hydrogen-bond acceptors (Lipinski definition) is 2. The molecule has 132 valence electrons. The van der Waals surface area contributed by atoms with Crippen LogP contribution >= 0.6 is 0 Å². The summed E-state index contributed by atoms with van der Waals surface area (Å²) >= 11 is 0. The normalized spacial score (nSPS) is 18.1. The van der Waals surface area contributed by atoms with E-state index in [1.165, 1.54) is 16.7 Å². The molecule has 1 aliphatic rings. The van der Waals surface area contributed by atoms with Crippen molar-refractivity contribution in [1.29, 1.82) is 0 Å². The van der Waals surface area contributed by atoms with E-state index in [1.807, 2.05) is 12.1 Å². The third-order valence-electron chi connectivity index (χ3n) is 5.23. The van der Waals surface area contributed by atoms with Crippen molar-refractivity contribution in [2.24, 2.45) is 5.92 Å². The van der Waals surface area contributed by atoms with Gasteiger partial charge in [0.2, 0.25) is 5.91 Å². The van der Waals surface area contributed by atoms with E-state index in [9.17, 15) is 4.79 Å². The topological polar surface area (TPSA) is 32.3 Å². The molecule has 1 heterocycles. The van der Waals surface area contributed by atoms with Gasteiger partial charge < -0.3 is 5.32 Å². The van der Waals surface area contributed by atoms with Crippen LogP contribution in [0.5, 0.6) is 0 Å². The van der Waals surface area contributed by atoms with Crippen LogP contribution in [0.1, 0.15) is 35.1 Å². The Bertz CT molecular complexity index is 753. The third-order valence-corrected chi connectivity index (χ3v) is 5.23. The van der Waals surface area contributed by atoms with Gasteiger partial charge in [-0.15, -0.1) is 0 Å². The molecule has 1 atom stereocenters. The summed E-state index contributed by atoms with van der Waals surface area (Å²) in [7, 11) is 0. The van der Waals surface area contributed by atoms with Crippen LogP contribution in [-0.2, 0) is 11.3 Å². The number of carbonyl (C=O) groups excluding carboxylic acids is 1. The van der Waals surface area contributed by atoms with Gasteiger partial charge in [-0.25, -0.2) is 0 Å². The zero-order valence-electron chi connectivity index (χ0n) is 15.5. The minimum absolute atomic E-state index is 0.0680. The molecular formula is C22H28N2O. The summed E-state index contributed by atoms with van der Waals surface area (Å²) in [6.07, 6.45) is 2.05. The van der Waals surface area contributed by atoms with E-state index in [1.54, 1.807) is 0 Å². The van der Waals surface area contributed by atoms with Gasteiger partial charge in [-0.1, -0.05) is 42.0 Å². The predicted molar refractivity (Wildman–Crippen MR) is 104 cm³/mol. The van der Waals surface area contributed by atoms with Crippen molar-refractivity contribution in [2.45, 2.75) is 40.2 Å². The van der Waals surface area contributed by atoms with Gasteiger partial charge in [0.05, 0.1) is 5.92 Å². The van der Waals surface area contributed by atoms with Crippen molar-refractivity contribution in [3.63, 3.8) is 0 Å². The first-order valence-corrected chi connectivity index (χ1v) is 9.18. The largest absolute Gasteiger partial charge is 0.326 e. The van der Waals surface area contributed by atoms with Crippen LogP contribution in [0.3, 0.4) is 0 Å². The molecule has 25 heavy (non-hydrogen) atoms. The van der Waals surface area contributed by atoms with E-state index in [-0.39, 0.29) is 11.8 Å². The van der Waals surface area contributed by atoms with Gasteiger partial charge in [-0.05, 0) is 62.9 Å². The molecule has 1 N–H and O–H groups in total. The SMILES string of the molecule is Cc1cccc(CN2CCCC(C(=O)Nc3cccc(C)c3C)C2)c1. The third kappa shape index (κ3) is 4.49. The predicted octanol–water partition coefficient (Wildman–Crippen LogP) is 4.46. The first kappa shape index (κ1) is 17.7. The molecule has 1 fully saturated rings. The van der Waals surface area contributed by atoms with Gasteiger partial charge >= 0.3 is 0 Å². The number of hydrogen-bond donors (Lipinski definition) is 1. The van der Waals surface area contributed by atoms with Crippen molar-refractivity contribution in [3.05, 3.63) is 64.7 Å². The highest BCUT2D eigenvalue weighted by Gasteiger charge is 2.26. The zero-order chi connectivity index (χ0) is 17.8. The summed E-state index contributed by atoms with van der Waals surface area (Å²) < 4.78 is 0. The molecule has 3 heteroatoms. The maximum Gasteiger partial charge on any atom is 0.228 e. The Morgan fingerprint density at radius 2 is 1.96 bits per heavy atom. The number of nitrogens with zero attached hydrogens (tertiary/aromatic N) is 1. The fraction of sp³-hybridized carbons (Fsp3) is 0.409. The second-order valence-electron chi connectivity index (χ2n) is 7.30. The van der Waals surface area contributed by atoms with E-state index < -0.39 is 0 Å². The quantitative estimate of drug-likeness (QED) is 0.894. The lowest BCUT2D eigenvalue weighted by Crippen LogP contribution is -2.40. The van der Waals surface area contributed by atoms with E-state index in [2.05, 4.69) is 61.3 Å². The highest BCUT2D eigenvalue weighted by Crippen LogP contribution is 2.23. The number of carbonyl (C=O) groups is 1. The molecule has 0 aliphatic carbocycles. The van der Waals surface area contributed by atoms with E-state index in [0.29, 0.717) is 0 Å². The van der Waals surface area contributed by atoms with E-state index >= 15 is 0 Å². The number of rotatable bonds is 4. The number of benzene rings is 2. The molecular weight excluding hydrogens is 308 g/mol. The summed E-state index contributed by atoms with van der Waals surface area (Å²) in [5, 5.41) is 3.15. The number of nitrogens with one attached hydrogen (secondary N) is 1. The van der Waals surface area contributed by atoms with Crippen LogP contribution in [0, 0.1) is 26.7 Å². The number of aryl methyl sites for hydroxylation is 2. The van der Waals surface area contributed by atoms with Crippen molar-refractivity contribution >= 4 is 11.6 Å². The second kappa shape index (κ2) is 7.83. The van der Waals surface area contributed by atoms with Crippen LogP contribution in [0.25, 0.3) is 0 Å². The molecule has 0 saturated carbocycles. The van der Waals surface area contributed by atoms with Crippen molar-refractivity contribution in [3.8, 4) is 0 Å². The van der Waals surface area contributed by atoms with Gasteiger partial charge in [0.25, 0.3) is 0 Å². The smallest absolute Gasteiger partial charge is 0.228 e. The highest BCUT2D eigenvalue weighted by molar-refractivity contribution is 5.93. The van der Waals surface area contributed by atoms with Gasteiger partial charge in [0.15, 0.2) is 0 Å². The average Bonchev–Trinajstić information content (AvgIpc) is 2.59. The zero-order valence-corrected chi connectivity index (χ0v) is 15.5. The van der Waals surface area contributed by atoms with E-state index in [0.717, 1.165) is 43.7 Å². The molecule has 3 rings (SSSR count). The number of likely N-dealkylation sites (tertiary alicyclic amines) is 1. The Labute approximate surface area is 151 Å². The summed E-state index contributed by atoms with van der Waals surface area (Å²) in [6, 6.07) is 14.7. The maximum atomic E-state index is 12.7. The summed E-state index contributed by atoms with van der Waals surface area (Å²) in [6.45, 7) is 9.10. The lowest BCUT2D eigenvalue weighted by molar-refractivity contribution is -0.121. The Morgan fingerprint density at radius 3 is 2.76 bits per heavy atom. The average molecular weight is 336 g/mol. The monoisotopic (exact) mass is 336 g/mol. The number of piperidine rings is 1. The van der Waals surface area contributed by atoms with Gasteiger partial charge in [0, 0.05) is 18.8 Å². The first-order chi connectivity index (χ1) is 12.0. The first-order valence-electron chi connectivity index (χ1n) is 9.18. The molecule has 1 saturated heterocycles. The van der Waals surface area contributed by atoms with Crippen LogP contribution < -0.4 is 5.32 Å². The summed E-state index contributed by atoms with van der Waals surface area (Å²) in [5.41, 5.74) is 5.93. The maximum absolute atomic E-state index is 12.7. The molecule has 1 amide bonds. The molecule has 0 spiro atoms. The fourth-order valence-corrected chi connectivity index (χ4v) is 3.60. The lowest BCUT2D eigenvalue weighted by atomic mass is 9.96. The van der Waals surface area contributed by atoms with Gasteiger partial charge in [-0.2, -0.15) is 0 Å². The second-order valence-corrected chi connectivity index (χ2v) is 7.30. The summed E-state index contributed by atoms with van der Waals surface area (Å²) in [4.78, 5) is 15.2. The molecule has 3 nitrogen and oxygen atoms in total. The standard InChI is InChI=1S/C22H28N2O/c1-16-7-4-9-19(13-16)14-24-12-6-10-20(15-24)22(25)23-21-11-5-8-17(2)18(21)3/h4-5,7-9,11,13,20H,6,10,12,14-15H2,1-3H3,(H,23,25). The summed E-state index contributed by atoms with van der Waals surface area (Å²) in [5.74, 6) is 0.223. The Balaban J connectivity index is 1.62. The van der Waals surface area contributed by atoms with Crippen LogP contribution in [0.2, 0.25) is 0 Å². The Kier molecular flexibility index (Phi) is 5.54. The minimum atomic E-state index is 0.0680. The van der Waals surface area contributed by atoms with E-state index in [4.69, 9.17) is 0 Å². The molecule has 1 aliphatic heterocycles. The minimum Gasteiger partial charge on any atom is -0.326 e. The molecule has 0 aromatic heterocycles. The molecule has 2 aromatic carbocycles.